The first-order valence-corrected chi connectivity index (χ1v) is 23.5. The van der Waals surface area contributed by atoms with Gasteiger partial charge in [-0.3, -0.25) is 4.79 Å². The van der Waals surface area contributed by atoms with Crippen molar-refractivity contribution in [1.82, 2.24) is 9.78 Å². The molecule has 0 aliphatic heterocycles. The number of anilines is 2. The normalized spacial score (nSPS) is 12.3. The van der Waals surface area contributed by atoms with Crippen molar-refractivity contribution in [3.63, 3.8) is 0 Å². The van der Waals surface area contributed by atoms with Crippen LogP contribution in [0.3, 0.4) is 0 Å². The van der Waals surface area contributed by atoms with E-state index in [1.54, 1.807) is 24.3 Å². The van der Waals surface area contributed by atoms with Gasteiger partial charge in [0.05, 0.1) is 34.2 Å². The molecule has 0 spiro atoms. The van der Waals surface area contributed by atoms with E-state index < -0.39 is 85.5 Å². The average molecular weight is 1070 g/mol. The molecule has 0 aliphatic rings. The summed E-state index contributed by atoms with van der Waals surface area (Å²) in [6.07, 6.45) is -3.58. The molecule has 0 fully saturated rings. The number of nitrogen functional groups attached to an aromatic ring is 1. The zero-order chi connectivity index (χ0) is 48.9. The topological polar surface area (TPSA) is 329 Å². The number of halogens is 8. The summed E-state index contributed by atoms with van der Waals surface area (Å²) in [4.78, 5) is 33.7. The van der Waals surface area contributed by atoms with Crippen LogP contribution in [0.15, 0.2) is 72.5 Å². The Labute approximate surface area is 397 Å². The van der Waals surface area contributed by atoms with Crippen molar-refractivity contribution in [3.8, 4) is 17.5 Å². The fourth-order valence-corrected chi connectivity index (χ4v) is 7.69. The minimum absolute atomic E-state index is 0. The monoisotopic (exact) mass is 1060 g/mol. The quantitative estimate of drug-likeness (QED) is 0.0413. The number of benzene rings is 2. The van der Waals surface area contributed by atoms with Gasteiger partial charge in [-0.25, -0.2) is 22.2 Å². The van der Waals surface area contributed by atoms with E-state index in [1.807, 2.05) is 19.0 Å². The molecule has 0 saturated heterocycles. The number of rotatable bonds is 11. The Morgan fingerprint density at radius 3 is 1.92 bits per heavy atom. The van der Waals surface area contributed by atoms with E-state index in [-0.39, 0.29) is 46.5 Å². The summed E-state index contributed by atoms with van der Waals surface area (Å²) in [5, 5.41) is 14.3. The number of ether oxygens (including phenoxy) is 1. The molecule has 0 radical (unpaired) electrons. The van der Waals surface area contributed by atoms with Crippen LogP contribution >= 0.6 is 49.2 Å². The second-order valence-electron chi connectivity index (χ2n) is 11.0. The number of hydrogen-bond acceptors (Lipinski definition) is 17. The van der Waals surface area contributed by atoms with Gasteiger partial charge in [-0.05, 0) is 47.8 Å². The minimum atomic E-state index is -5.25. The maximum absolute atomic E-state index is 12.7. The van der Waals surface area contributed by atoms with Gasteiger partial charge in [0.1, 0.15) is 35.0 Å². The van der Waals surface area contributed by atoms with Crippen LogP contribution in [0.5, 0.6) is 5.75 Å². The van der Waals surface area contributed by atoms with Crippen LogP contribution in [0.25, 0.3) is 5.69 Å². The smallest absolute Gasteiger partial charge is 0.728 e. The van der Waals surface area contributed by atoms with Gasteiger partial charge in [0.25, 0.3) is 0 Å². The molecule has 2 aromatic carbocycles. The maximum Gasteiger partial charge on any atom is 1.00 e. The molecule has 35 heteroatoms. The minimum Gasteiger partial charge on any atom is -0.728 e. The van der Waals surface area contributed by atoms with Crippen molar-refractivity contribution in [2.45, 2.75) is 22.3 Å². The number of alkyl halides is 6. The molecule has 1 unspecified atom stereocenters. The molecule has 0 bridgehead atoms. The summed E-state index contributed by atoms with van der Waals surface area (Å²) in [6, 6.07) is 10.1. The van der Waals surface area contributed by atoms with Gasteiger partial charge in [-0.1, -0.05) is 27.7 Å². The summed E-state index contributed by atoms with van der Waals surface area (Å²) in [5.41, 5.74) is -1.45. The van der Waals surface area contributed by atoms with Crippen molar-refractivity contribution in [1.29, 1.82) is 5.26 Å². The second kappa shape index (κ2) is 25.8. The molecular formula is C29H30Cl2F6N7NaO14P2S3. The Morgan fingerprint density at radius 1 is 1.05 bits per heavy atom. The van der Waals surface area contributed by atoms with Crippen LogP contribution in [-0.2, 0) is 51.6 Å². The largest absolute Gasteiger partial charge is 1.00 e. The molecule has 0 amide bonds. The molecule has 2 aromatic heterocycles. The van der Waals surface area contributed by atoms with Gasteiger partial charge >= 0.3 is 55.9 Å². The number of hydrogen-bond donors (Lipinski definition) is 4. The van der Waals surface area contributed by atoms with E-state index in [0.717, 1.165) is 17.1 Å². The van der Waals surface area contributed by atoms with Crippen LogP contribution < -0.4 is 50.4 Å². The van der Waals surface area contributed by atoms with Crippen molar-refractivity contribution in [3.05, 3.63) is 86.0 Å². The predicted molar refractivity (Wildman–Crippen MR) is 214 cm³/mol. The molecule has 4 aromatic rings. The first-order valence-electron chi connectivity index (χ1n) is 15.5. The zero-order valence-corrected chi connectivity index (χ0v) is 40.8. The van der Waals surface area contributed by atoms with E-state index >= 15 is 0 Å². The summed E-state index contributed by atoms with van der Waals surface area (Å²) in [6.45, 7) is -3.16. The molecule has 4 rings (SSSR count). The molecule has 5 N–H and O–H groups in total. The summed E-state index contributed by atoms with van der Waals surface area (Å²) in [7, 11) is -1.58. The van der Waals surface area contributed by atoms with Gasteiger partial charge in [0.2, 0.25) is 32.1 Å². The number of methoxy groups -OCH3 is 1. The van der Waals surface area contributed by atoms with Crippen molar-refractivity contribution >= 4 is 87.9 Å². The molecule has 0 saturated carbocycles. The molecule has 64 heavy (non-hydrogen) atoms. The number of aromatic nitrogens is 2. The van der Waals surface area contributed by atoms with E-state index in [2.05, 4.69) is 14.7 Å². The van der Waals surface area contributed by atoms with Gasteiger partial charge in [-0.15, -0.1) is 23.4 Å². The van der Waals surface area contributed by atoms with Gasteiger partial charge in [0.15, 0.2) is 5.82 Å². The Bertz CT molecular complexity index is 2490. The standard InChI is InChI=1S/C12H4Cl2F6N4OS.C9H13O6PS.C8H11N3O3S.Na.H3O4P/c13-5-1-4(11(15,16)17)2-6(14)8(5)24-10(22)9(7(3-21)23-24)26(25)12(18,19)20;1-12-9-5-15-7(4-8(9)10)6-17-16(11,13-2)14-3;1-11(2)8-5-3-7(4-6-8)9-10-15(12,13)14;;1-5(2,3)4/h1-2H,22H2;4-5H,6H2,1-3H3;3-6H,1-2H3,(H,12,13,14);;(H3,1,2,3,4)/q;;;+1;/p-1/b;;10-9+;;. The van der Waals surface area contributed by atoms with Crippen LogP contribution in [-0.4, -0.2) is 82.9 Å². The predicted octanol–water partition coefficient (Wildman–Crippen LogP) is 3.93. The van der Waals surface area contributed by atoms with Crippen molar-refractivity contribution in [2.75, 3.05) is 46.1 Å². The first kappa shape index (κ1) is 61.1. The van der Waals surface area contributed by atoms with Crippen LogP contribution in [0.4, 0.5) is 43.5 Å². The molecular weight excluding hydrogens is 1040 g/mol. The summed E-state index contributed by atoms with van der Waals surface area (Å²) in [5.74, 6) is -0.200. The van der Waals surface area contributed by atoms with Gasteiger partial charge in [-0.2, -0.15) is 18.4 Å². The van der Waals surface area contributed by atoms with Crippen LogP contribution in [0.2, 0.25) is 10.0 Å². The van der Waals surface area contributed by atoms with E-state index in [1.165, 1.54) is 39.7 Å². The third-order valence-electron chi connectivity index (χ3n) is 6.44. The molecule has 350 valence electrons. The Balaban J connectivity index is 0.000000911. The zero-order valence-electron chi connectivity index (χ0n) is 33.1. The SMILES string of the molecule is CN(C)c1ccc(/N=N/S(=O)(=O)[O-])cc1.COc1coc(CSP(=O)(OC)OC)cc1=O.N#Cc1nn(-c2c(Cl)cc(C(F)(F)F)cc2Cl)c(N)c1[S+]([O-])C(F)(F)F.O=P(O)(O)O.[Na+]. The van der Waals surface area contributed by atoms with Gasteiger partial charge in [0, 0.05) is 40.1 Å². The fourth-order valence-electron chi connectivity index (χ4n) is 3.79. The first-order chi connectivity index (χ1) is 28.7. The number of nitriles is 1. The Hall–Kier alpha value is -2.92. The third-order valence-corrected chi connectivity index (χ3v) is 12.3. The van der Waals surface area contributed by atoms with Gasteiger partial charge < -0.3 is 52.6 Å². The number of phosphoric acid groups is 1. The number of nitrogens with two attached hydrogens (primary N) is 1. The number of nitrogens with zero attached hydrogens (tertiary/aromatic N) is 6. The van der Waals surface area contributed by atoms with Crippen LogP contribution in [0.1, 0.15) is 17.0 Å². The van der Waals surface area contributed by atoms with E-state index in [4.69, 9.17) is 71.6 Å². The summed E-state index contributed by atoms with van der Waals surface area (Å²) < 4.78 is 161. The van der Waals surface area contributed by atoms with Crippen molar-refractivity contribution in [2.24, 2.45) is 9.63 Å². The fraction of sp³-hybridized carbons (Fsp3) is 0.276. The maximum atomic E-state index is 12.7. The molecule has 21 nitrogen and oxygen atoms in total. The second-order valence-corrected chi connectivity index (χ2v) is 19.5. The van der Waals surface area contributed by atoms with Crippen molar-refractivity contribution < 1.29 is 115 Å². The van der Waals surface area contributed by atoms with E-state index in [9.17, 15) is 53.2 Å². The third kappa shape index (κ3) is 20.7. The Kier molecular flexibility index (Phi) is 24.7. The molecule has 1 atom stereocenters. The average Bonchev–Trinajstić information content (AvgIpc) is 3.49. The molecule has 2 heterocycles. The Morgan fingerprint density at radius 2 is 1.55 bits per heavy atom. The van der Waals surface area contributed by atoms with Crippen LogP contribution in [0, 0.1) is 11.3 Å². The summed E-state index contributed by atoms with van der Waals surface area (Å²) >= 11 is 8.71. The van der Waals surface area contributed by atoms with E-state index in [0.29, 0.717) is 28.3 Å². The molecule has 0 aliphatic carbocycles.